The number of halogens is 3. The number of hydrogen-bond donors (Lipinski definition) is 3. The van der Waals surface area contributed by atoms with Gasteiger partial charge in [-0.1, -0.05) is 35.9 Å². The summed E-state index contributed by atoms with van der Waals surface area (Å²) in [5.41, 5.74) is 2.46. The molecular weight excluding hydrogens is 477 g/mol. The second-order valence-corrected chi connectivity index (χ2v) is 8.73. The number of anilines is 1. The summed E-state index contributed by atoms with van der Waals surface area (Å²) in [4.78, 5) is 38.4. The Kier molecular flexibility index (Phi) is 8.57. The van der Waals surface area contributed by atoms with Gasteiger partial charge in [-0.25, -0.2) is 4.79 Å². The fourth-order valence-electron chi connectivity index (χ4n) is 4.31. The molecule has 0 atom stereocenters. The molecule has 0 bridgehead atoms. The van der Waals surface area contributed by atoms with Gasteiger partial charge in [-0.3, -0.25) is 9.59 Å². The number of carbonyl (C=O) groups is 3. The van der Waals surface area contributed by atoms with Crippen LogP contribution in [-0.4, -0.2) is 72.4 Å². The van der Waals surface area contributed by atoms with Crippen molar-refractivity contribution < 1.29 is 32.7 Å². The molecule has 2 aliphatic heterocycles. The van der Waals surface area contributed by atoms with Crippen LogP contribution in [0.5, 0.6) is 0 Å². The molecule has 0 unspecified atom stereocenters. The number of nitrogens with zero attached hydrogens (tertiary/aromatic N) is 2. The highest BCUT2D eigenvalue weighted by atomic mass is 19.4. The summed E-state index contributed by atoms with van der Waals surface area (Å²) >= 11 is 0. The number of para-hydroxylation sites is 1. The largest absolute Gasteiger partial charge is 0.490 e. The van der Waals surface area contributed by atoms with E-state index in [9.17, 15) is 22.8 Å². The normalized spacial score (nSPS) is 17.2. The van der Waals surface area contributed by atoms with Gasteiger partial charge in [0.25, 0.3) is 5.91 Å². The van der Waals surface area contributed by atoms with Crippen LogP contribution in [0.3, 0.4) is 0 Å². The molecule has 0 aliphatic carbocycles. The van der Waals surface area contributed by atoms with Gasteiger partial charge in [0, 0.05) is 37.4 Å². The number of carboxylic acid groups (broad SMARTS) is 1. The first-order valence-corrected chi connectivity index (χ1v) is 11.5. The van der Waals surface area contributed by atoms with E-state index in [1.807, 2.05) is 49.4 Å². The Hall–Kier alpha value is -3.60. The molecule has 2 amide bonds. The zero-order valence-electron chi connectivity index (χ0n) is 19.8. The van der Waals surface area contributed by atoms with Gasteiger partial charge in [0.15, 0.2) is 0 Å². The molecule has 0 saturated carbocycles. The molecule has 2 heterocycles. The number of aryl methyl sites for hydroxylation is 1. The van der Waals surface area contributed by atoms with Gasteiger partial charge < -0.3 is 25.5 Å². The molecule has 2 fully saturated rings. The number of alkyl halides is 3. The molecule has 2 aromatic carbocycles. The Balaban J connectivity index is 0.000000454. The standard InChI is InChI=1S/C23H28N4O2.C2HF3O2/c1-18-7-9-19(10-8-18)21(28)24-13-16-26-14-11-23(12-15-26)22(29)25-17-27(23)20-5-3-2-4-6-20;3-2(4,5)1(6)7/h2-10H,11-17H2,1H3,(H,24,28)(H,25,29);(H,6,7). The Labute approximate surface area is 207 Å². The number of carbonyl (C=O) groups excluding carboxylic acids is 2. The summed E-state index contributed by atoms with van der Waals surface area (Å²) in [6, 6.07) is 17.8. The van der Waals surface area contributed by atoms with Crippen molar-refractivity contribution in [3.63, 3.8) is 0 Å². The van der Waals surface area contributed by atoms with E-state index < -0.39 is 17.7 Å². The summed E-state index contributed by atoms with van der Waals surface area (Å²) in [5, 5.41) is 13.2. The molecular formula is C25H29F3N4O4. The zero-order chi connectivity index (χ0) is 26.3. The van der Waals surface area contributed by atoms with Crippen LogP contribution in [0.25, 0.3) is 0 Å². The van der Waals surface area contributed by atoms with Gasteiger partial charge in [-0.05, 0) is 44.0 Å². The van der Waals surface area contributed by atoms with E-state index in [-0.39, 0.29) is 11.8 Å². The predicted octanol–water partition coefficient (Wildman–Crippen LogP) is 2.79. The number of aliphatic carboxylic acids is 1. The molecule has 1 spiro atoms. The quantitative estimate of drug-likeness (QED) is 0.577. The Morgan fingerprint density at radius 1 is 1.06 bits per heavy atom. The summed E-state index contributed by atoms with van der Waals surface area (Å²) < 4.78 is 31.7. The van der Waals surface area contributed by atoms with Crippen LogP contribution in [0, 0.1) is 6.92 Å². The fourth-order valence-corrected chi connectivity index (χ4v) is 4.31. The number of likely N-dealkylation sites (tertiary alicyclic amines) is 1. The van der Waals surface area contributed by atoms with Gasteiger partial charge in [0.1, 0.15) is 5.54 Å². The average molecular weight is 507 g/mol. The van der Waals surface area contributed by atoms with Gasteiger partial charge in [0.05, 0.1) is 6.67 Å². The van der Waals surface area contributed by atoms with Crippen LogP contribution in [0.15, 0.2) is 54.6 Å². The van der Waals surface area contributed by atoms with Gasteiger partial charge in [-0.15, -0.1) is 0 Å². The second-order valence-electron chi connectivity index (χ2n) is 8.73. The topological polar surface area (TPSA) is 102 Å². The van der Waals surface area contributed by atoms with Crippen LogP contribution in [0.2, 0.25) is 0 Å². The highest BCUT2D eigenvalue weighted by Crippen LogP contribution is 2.36. The van der Waals surface area contributed by atoms with E-state index in [0.717, 1.165) is 43.7 Å². The lowest BCUT2D eigenvalue weighted by atomic mass is 9.85. The third-order valence-electron chi connectivity index (χ3n) is 6.36. The average Bonchev–Trinajstić information content (AvgIpc) is 3.16. The molecule has 36 heavy (non-hydrogen) atoms. The molecule has 194 valence electrons. The smallest absolute Gasteiger partial charge is 0.475 e. The second kappa shape index (κ2) is 11.4. The van der Waals surface area contributed by atoms with Crippen molar-refractivity contribution in [1.82, 2.24) is 15.5 Å². The number of rotatable bonds is 5. The maximum atomic E-state index is 12.7. The van der Waals surface area contributed by atoms with Gasteiger partial charge in [0.2, 0.25) is 5.91 Å². The van der Waals surface area contributed by atoms with Crippen LogP contribution < -0.4 is 15.5 Å². The highest BCUT2D eigenvalue weighted by molar-refractivity contribution is 5.94. The molecule has 11 heteroatoms. The molecule has 2 aliphatic rings. The number of piperidine rings is 1. The number of benzene rings is 2. The van der Waals surface area contributed by atoms with Crippen LogP contribution in [0.1, 0.15) is 28.8 Å². The molecule has 8 nitrogen and oxygen atoms in total. The summed E-state index contributed by atoms with van der Waals surface area (Å²) in [6.07, 6.45) is -3.50. The lowest BCUT2D eigenvalue weighted by molar-refractivity contribution is -0.192. The van der Waals surface area contributed by atoms with Gasteiger partial charge in [-0.2, -0.15) is 13.2 Å². The highest BCUT2D eigenvalue weighted by Gasteiger charge is 2.50. The minimum Gasteiger partial charge on any atom is -0.475 e. The van der Waals surface area contributed by atoms with Crippen molar-refractivity contribution in [1.29, 1.82) is 0 Å². The van der Waals surface area contributed by atoms with Crippen LogP contribution in [-0.2, 0) is 9.59 Å². The summed E-state index contributed by atoms with van der Waals surface area (Å²) in [5.74, 6) is -2.66. The van der Waals surface area contributed by atoms with E-state index in [4.69, 9.17) is 9.90 Å². The first-order valence-electron chi connectivity index (χ1n) is 11.5. The summed E-state index contributed by atoms with van der Waals surface area (Å²) in [6.45, 7) is 5.66. The maximum absolute atomic E-state index is 12.7. The third kappa shape index (κ3) is 6.54. The van der Waals surface area contributed by atoms with Crippen LogP contribution in [0.4, 0.5) is 18.9 Å². The Bertz CT molecular complexity index is 1050. The van der Waals surface area contributed by atoms with Crippen molar-refractivity contribution in [3.05, 3.63) is 65.7 Å². The molecule has 3 N–H and O–H groups in total. The van der Waals surface area contributed by atoms with E-state index in [0.29, 0.717) is 18.8 Å². The maximum Gasteiger partial charge on any atom is 0.490 e. The van der Waals surface area contributed by atoms with E-state index in [2.05, 4.69) is 32.6 Å². The number of carboxylic acids is 1. The van der Waals surface area contributed by atoms with Crippen LogP contribution >= 0.6 is 0 Å². The first kappa shape index (κ1) is 27.0. The molecule has 4 rings (SSSR count). The van der Waals surface area contributed by atoms with Crippen molar-refractivity contribution in [3.8, 4) is 0 Å². The number of nitrogens with one attached hydrogen (secondary N) is 2. The van der Waals surface area contributed by atoms with Crippen molar-refractivity contribution in [2.24, 2.45) is 0 Å². The van der Waals surface area contributed by atoms with Crippen molar-refractivity contribution in [2.75, 3.05) is 37.7 Å². The van der Waals surface area contributed by atoms with Crippen molar-refractivity contribution in [2.45, 2.75) is 31.5 Å². The van der Waals surface area contributed by atoms with E-state index in [1.54, 1.807) is 0 Å². The molecule has 0 radical (unpaired) electrons. The molecule has 0 aromatic heterocycles. The fraction of sp³-hybridized carbons (Fsp3) is 0.400. The lowest BCUT2D eigenvalue weighted by Gasteiger charge is -2.43. The third-order valence-corrected chi connectivity index (χ3v) is 6.36. The molecule has 2 aromatic rings. The lowest BCUT2D eigenvalue weighted by Crippen LogP contribution is -2.57. The van der Waals surface area contributed by atoms with Crippen molar-refractivity contribution >= 4 is 23.5 Å². The summed E-state index contributed by atoms with van der Waals surface area (Å²) in [7, 11) is 0. The predicted molar refractivity (Wildman–Crippen MR) is 128 cm³/mol. The monoisotopic (exact) mass is 506 g/mol. The number of hydrogen-bond acceptors (Lipinski definition) is 5. The SMILES string of the molecule is Cc1ccc(C(=O)NCCN2CCC3(CC2)C(=O)NCN3c2ccccc2)cc1.O=C(O)C(F)(F)F. The molecule has 2 saturated heterocycles. The van der Waals surface area contributed by atoms with Gasteiger partial charge >= 0.3 is 12.1 Å². The van der Waals surface area contributed by atoms with E-state index in [1.165, 1.54) is 0 Å². The Morgan fingerprint density at radius 2 is 1.64 bits per heavy atom. The zero-order valence-corrected chi connectivity index (χ0v) is 19.8. The van der Waals surface area contributed by atoms with E-state index >= 15 is 0 Å². The number of amides is 2. The Morgan fingerprint density at radius 3 is 2.19 bits per heavy atom. The first-order chi connectivity index (χ1) is 17.0. The minimum atomic E-state index is -5.08. The minimum absolute atomic E-state index is 0.0381.